The van der Waals surface area contributed by atoms with Gasteiger partial charge in [-0.05, 0) is 24.8 Å². The first-order valence-electron chi connectivity index (χ1n) is 8.29. The van der Waals surface area contributed by atoms with E-state index in [0.29, 0.717) is 0 Å². The molecule has 0 saturated carbocycles. The third-order valence-electron chi connectivity index (χ3n) is 3.73. The molecule has 0 nitrogen and oxygen atoms in total. The van der Waals surface area contributed by atoms with Gasteiger partial charge in [-0.1, -0.05) is 95.0 Å². The summed E-state index contributed by atoms with van der Waals surface area (Å²) in [5, 5.41) is 0. The van der Waals surface area contributed by atoms with Gasteiger partial charge in [0, 0.05) is 0 Å². The first-order valence-corrected chi connectivity index (χ1v) is 8.29. The topological polar surface area (TPSA) is 0 Å². The standard InChI is InChI=1S/C19H31/c1-2-3-4-5-6-7-8-9-10-11-13-16-19-17-14-12-15-18-19/h12-15,17-18H,2-11,16H2,1H3. The molecule has 19 heavy (non-hydrogen) atoms. The Labute approximate surface area is 120 Å². The van der Waals surface area contributed by atoms with Gasteiger partial charge in [0.15, 0.2) is 0 Å². The average molecular weight is 259 g/mol. The number of rotatable bonds is 12. The van der Waals surface area contributed by atoms with Crippen LogP contribution in [0.1, 0.15) is 76.7 Å². The SMILES string of the molecule is CCCCCCCCCCC[CH]Cc1ccccc1. The summed E-state index contributed by atoms with van der Waals surface area (Å²) in [5.74, 6) is 0. The van der Waals surface area contributed by atoms with Crippen LogP contribution in [0, 0.1) is 6.42 Å². The minimum atomic E-state index is 1.14. The molecule has 0 saturated heterocycles. The summed E-state index contributed by atoms with van der Waals surface area (Å²) >= 11 is 0. The molecular weight excluding hydrogens is 228 g/mol. The molecule has 0 aliphatic heterocycles. The minimum absolute atomic E-state index is 1.14. The lowest BCUT2D eigenvalue weighted by Crippen LogP contribution is -1.87. The summed E-state index contributed by atoms with van der Waals surface area (Å²) in [6, 6.07) is 10.8. The van der Waals surface area contributed by atoms with Crippen LogP contribution in [0.4, 0.5) is 0 Å². The molecule has 0 aromatic heterocycles. The van der Waals surface area contributed by atoms with Crippen molar-refractivity contribution < 1.29 is 0 Å². The fourth-order valence-corrected chi connectivity index (χ4v) is 2.48. The molecule has 0 aliphatic carbocycles. The van der Waals surface area contributed by atoms with Crippen molar-refractivity contribution in [2.75, 3.05) is 0 Å². The Bertz CT molecular complexity index is 275. The smallest absolute Gasteiger partial charge is 0.0248 e. The molecule has 0 atom stereocenters. The number of benzene rings is 1. The fourth-order valence-electron chi connectivity index (χ4n) is 2.48. The maximum atomic E-state index is 2.44. The Morgan fingerprint density at radius 1 is 0.737 bits per heavy atom. The van der Waals surface area contributed by atoms with Gasteiger partial charge in [-0.15, -0.1) is 0 Å². The van der Waals surface area contributed by atoms with Crippen molar-refractivity contribution in [1.82, 2.24) is 0 Å². The normalized spacial score (nSPS) is 10.8. The first kappa shape index (κ1) is 16.3. The largest absolute Gasteiger partial charge is 0.0654 e. The van der Waals surface area contributed by atoms with E-state index in [1.807, 2.05) is 0 Å². The lowest BCUT2D eigenvalue weighted by atomic mass is 10.0. The van der Waals surface area contributed by atoms with E-state index < -0.39 is 0 Å². The second-order valence-corrected chi connectivity index (χ2v) is 5.60. The maximum Gasteiger partial charge on any atom is -0.0248 e. The van der Waals surface area contributed by atoms with Gasteiger partial charge in [-0.3, -0.25) is 0 Å². The van der Waals surface area contributed by atoms with Gasteiger partial charge < -0.3 is 0 Å². The molecule has 0 fully saturated rings. The molecule has 0 spiro atoms. The lowest BCUT2D eigenvalue weighted by molar-refractivity contribution is 0.563. The van der Waals surface area contributed by atoms with Crippen LogP contribution >= 0.6 is 0 Å². The fraction of sp³-hybridized carbons (Fsp3) is 0.632. The lowest BCUT2D eigenvalue weighted by Gasteiger charge is -2.03. The van der Waals surface area contributed by atoms with E-state index in [9.17, 15) is 0 Å². The summed E-state index contributed by atoms with van der Waals surface area (Å²) < 4.78 is 0. The predicted octanol–water partition coefficient (Wildman–Crippen LogP) is 6.35. The summed E-state index contributed by atoms with van der Waals surface area (Å²) in [7, 11) is 0. The van der Waals surface area contributed by atoms with Crippen molar-refractivity contribution in [2.45, 2.75) is 77.6 Å². The molecule has 1 aromatic carbocycles. The molecule has 0 amide bonds. The van der Waals surface area contributed by atoms with E-state index in [1.165, 1.54) is 69.8 Å². The van der Waals surface area contributed by atoms with Crippen molar-refractivity contribution in [3.63, 3.8) is 0 Å². The molecule has 0 heterocycles. The van der Waals surface area contributed by atoms with E-state index in [4.69, 9.17) is 0 Å². The third kappa shape index (κ3) is 9.76. The molecule has 107 valence electrons. The highest BCUT2D eigenvalue weighted by Gasteiger charge is 1.94. The number of hydrogen-bond donors (Lipinski definition) is 0. The van der Waals surface area contributed by atoms with E-state index in [-0.39, 0.29) is 0 Å². The van der Waals surface area contributed by atoms with Crippen LogP contribution in [0.5, 0.6) is 0 Å². The van der Waals surface area contributed by atoms with Crippen LogP contribution in [0.15, 0.2) is 30.3 Å². The van der Waals surface area contributed by atoms with Crippen LogP contribution < -0.4 is 0 Å². The summed E-state index contributed by atoms with van der Waals surface area (Å²) in [6.45, 7) is 2.28. The van der Waals surface area contributed by atoms with Gasteiger partial charge >= 0.3 is 0 Å². The predicted molar refractivity (Wildman–Crippen MR) is 86.3 cm³/mol. The highest BCUT2D eigenvalue weighted by Crippen LogP contribution is 2.12. The van der Waals surface area contributed by atoms with Crippen molar-refractivity contribution >= 4 is 0 Å². The molecule has 1 rings (SSSR count). The number of unbranched alkanes of at least 4 members (excludes halogenated alkanes) is 10. The zero-order valence-electron chi connectivity index (χ0n) is 12.7. The highest BCUT2D eigenvalue weighted by molar-refractivity contribution is 5.16. The zero-order chi connectivity index (χ0) is 13.6. The van der Waals surface area contributed by atoms with Crippen molar-refractivity contribution in [3.8, 4) is 0 Å². The molecule has 0 heteroatoms. The van der Waals surface area contributed by atoms with Gasteiger partial charge in [0.2, 0.25) is 0 Å². The quantitative estimate of drug-likeness (QED) is 0.383. The van der Waals surface area contributed by atoms with Crippen LogP contribution in [0.2, 0.25) is 0 Å². The molecule has 0 N–H and O–H groups in total. The molecular formula is C19H31. The molecule has 0 aliphatic rings. The van der Waals surface area contributed by atoms with Crippen LogP contribution in [-0.2, 0) is 6.42 Å². The monoisotopic (exact) mass is 259 g/mol. The first-order chi connectivity index (χ1) is 9.43. The van der Waals surface area contributed by atoms with Crippen LogP contribution in [0.3, 0.4) is 0 Å². The van der Waals surface area contributed by atoms with E-state index in [0.717, 1.165) is 6.42 Å². The van der Waals surface area contributed by atoms with Gasteiger partial charge in [0.25, 0.3) is 0 Å². The van der Waals surface area contributed by atoms with E-state index in [2.05, 4.69) is 43.7 Å². The van der Waals surface area contributed by atoms with Crippen molar-refractivity contribution in [1.29, 1.82) is 0 Å². The highest BCUT2D eigenvalue weighted by atomic mass is 14.0. The van der Waals surface area contributed by atoms with Crippen molar-refractivity contribution in [3.05, 3.63) is 42.3 Å². The second-order valence-electron chi connectivity index (χ2n) is 5.60. The average Bonchev–Trinajstić information content (AvgIpc) is 2.46. The summed E-state index contributed by atoms with van der Waals surface area (Å²) in [4.78, 5) is 0. The summed E-state index contributed by atoms with van der Waals surface area (Å²) in [6.07, 6.45) is 17.7. The Morgan fingerprint density at radius 2 is 1.32 bits per heavy atom. The van der Waals surface area contributed by atoms with Gasteiger partial charge in [0.05, 0.1) is 0 Å². The molecule has 0 unspecified atom stereocenters. The Kier molecular flexibility index (Phi) is 10.5. The Morgan fingerprint density at radius 3 is 1.95 bits per heavy atom. The third-order valence-corrected chi connectivity index (χ3v) is 3.73. The van der Waals surface area contributed by atoms with E-state index in [1.54, 1.807) is 0 Å². The van der Waals surface area contributed by atoms with Gasteiger partial charge in [-0.25, -0.2) is 0 Å². The molecule has 1 aromatic rings. The zero-order valence-corrected chi connectivity index (χ0v) is 12.7. The molecule has 1 radical (unpaired) electrons. The number of hydrogen-bond acceptors (Lipinski definition) is 0. The van der Waals surface area contributed by atoms with Crippen LogP contribution in [0.25, 0.3) is 0 Å². The van der Waals surface area contributed by atoms with Crippen LogP contribution in [-0.4, -0.2) is 0 Å². The van der Waals surface area contributed by atoms with Crippen molar-refractivity contribution in [2.24, 2.45) is 0 Å². The summed E-state index contributed by atoms with van der Waals surface area (Å²) in [5.41, 5.74) is 1.44. The van der Waals surface area contributed by atoms with E-state index >= 15 is 0 Å². The molecule has 0 bridgehead atoms. The maximum absolute atomic E-state index is 2.44. The second kappa shape index (κ2) is 12.3. The minimum Gasteiger partial charge on any atom is -0.0654 e. The Hall–Kier alpha value is -0.780. The Balaban J connectivity index is 1.79. The van der Waals surface area contributed by atoms with Gasteiger partial charge in [0.1, 0.15) is 0 Å². The van der Waals surface area contributed by atoms with Gasteiger partial charge in [-0.2, -0.15) is 0 Å².